The molecule has 1 aromatic rings. The van der Waals surface area contributed by atoms with Gasteiger partial charge in [0.05, 0.1) is 17.5 Å². The summed E-state index contributed by atoms with van der Waals surface area (Å²) < 4.78 is 13.2. The number of hydrogen-bond acceptors (Lipinski definition) is 2. The van der Waals surface area contributed by atoms with Gasteiger partial charge >= 0.3 is 0 Å². The van der Waals surface area contributed by atoms with E-state index in [-0.39, 0.29) is 46.2 Å². The molecule has 2 bridgehead atoms. The monoisotopic (exact) mass is 327 g/mol. The Morgan fingerprint density at radius 3 is 2.21 bits per heavy atom. The van der Waals surface area contributed by atoms with Crippen LogP contribution in [0.4, 0.5) is 10.1 Å². The number of fused-ring (bicyclic) bond motifs is 1. The number of anilines is 1. The molecule has 3 nitrogen and oxygen atoms in total. The number of nitrogens with zero attached hydrogens (tertiary/aromatic N) is 1. The number of imide groups is 1. The maximum absolute atomic E-state index is 13.3. The fourth-order valence-corrected chi connectivity index (χ4v) is 5.08. The van der Waals surface area contributed by atoms with Crippen LogP contribution in [0.1, 0.15) is 33.6 Å². The van der Waals surface area contributed by atoms with E-state index in [1.54, 1.807) is 0 Å². The second-order valence-electron chi connectivity index (χ2n) is 8.05. The average molecular weight is 327 g/mol. The molecule has 2 amide bonds. The molecule has 24 heavy (non-hydrogen) atoms. The molecule has 4 aliphatic rings. The van der Waals surface area contributed by atoms with Gasteiger partial charge in [-0.1, -0.05) is 32.9 Å². The first kappa shape index (κ1) is 15.6. The molecule has 126 valence electrons. The highest BCUT2D eigenvalue weighted by molar-refractivity contribution is 6.23. The molecule has 0 spiro atoms. The molecule has 5 rings (SSSR count). The minimum Gasteiger partial charge on any atom is -0.274 e. The smallest absolute Gasteiger partial charge is 0.238 e. The first-order valence-corrected chi connectivity index (χ1v) is 8.64. The Bertz CT molecular complexity index is 753. The first-order chi connectivity index (χ1) is 11.3. The number of halogens is 1. The van der Waals surface area contributed by atoms with Crippen molar-refractivity contribution in [2.45, 2.75) is 33.6 Å². The van der Waals surface area contributed by atoms with E-state index in [1.807, 2.05) is 0 Å². The fraction of sp³-hybridized carbons (Fsp3) is 0.500. The lowest BCUT2D eigenvalue weighted by Crippen LogP contribution is -2.53. The van der Waals surface area contributed by atoms with Crippen LogP contribution >= 0.6 is 0 Å². The van der Waals surface area contributed by atoms with E-state index in [0.717, 1.165) is 12.8 Å². The van der Waals surface area contributed by atoms with Crippen molar-refractivity contribution in [2.75, 3.05) is 4.90 Å². The largest absolute Gasteiger partial charge is 0.274 e. The third kappa shape index (κ3) is 1.77. The second-order valence-corrected chi connectivity index (χ2v) is 8.05. The Kier molecular flexibility index (Phi) is 3.09. The summed E-state index contributed by atoms with van der Waals surface area (Å²) in [6.45, 7) is 6.35. The molecule has 1 saturated carbocycles. The van der Waals surface area contributed by atoms with Crippen molar-refractivity contribution < 1.29 is 14.0 Å². The summed E-state index contributed by atoms with van der Waals surface area (Å²) in [7, 11) is 0. The molecule has 4 heteroatoms. The van der Waals surface area contributed by atoms with Crippen LogP contribution in [-0.2, 0) is 9.59 Å². The van der Waals surface area contributed by atoms with Gasteiger partial charge in [-0.2, -0.15) is 0 Å². The molecule has 4 atom stereocenters. The maximum atomic E-state index is 13.3. The van der Waals surface area contributed by atoms with Crippen molar-refractivity contribution in [1.29, 1.82) is 0 Å². The van der Waals surface area contributed by atoms with Crippen molar-refractivity contribution >= 4 is 17.5 Å². The van der Waals surface area contributed by atoms with Crippen molar-refractivity contribution in [3.63, 3.8) is 0 Å². The van der Waals surface area contributed by atoms with Gasteiger partial charge in [0.1, 0.15) is 5.82 Å². The summed E-state index contributed by atoms with van der Waals surface area (Å²) >= 11 is 0. The van der Waals surface area contributed by atoms with Crippen molar-refractivity contribution in [2.24, 2.45) is 28.6 Å². The SMILES string of the molecule is CC(C)[C@]12C=C[C@@](C)(CC1)[C@H]1C(=O)N(c3ccc(F)cc3)C(=O)[C@@H]12. The summed E-state index contributed by atoms with van der Waals surface area (Å²) in [5.41, 5.74) is -0.0324. The van der Waals surface area contributed by atoms with Crippen molar-refractivity contribution in [3.8, 4) is 0 Å². The van der Waals surface area contributed by atoms with E-state index < -0.39 is 0 Å². The number of rotatable bonds is 2. The molecule has 0 unspecified atom stereocenters. The van der Waals surface area contributed by atoms with Crippen LogP contribution in [0.15, 0.2) is 36.4 Å². The van der Waals surface area contributed by atoms with Gasteiger partial charge < -0.3 is 0 Å². The van der Waals surface area contributed by atoms with Crippen LogP contribution in [0, 0.1) is 34.4 Å². The number of allylic oxidation sites excluding steroid dienone is 2. The third-order valence-corrected chi connectivity index (χ3v) is 6.63. The zero-order valence-corrected chi connectivity index (χ0v) is 14.3. The minimum atomic E-state index is -0.373. The molecule has 1 saturated heterocycles. The summed E-state index contributed by atoms with van der Waals surface area (Å²) in [5.74, 6) is -0.956. The van der Waals surface area contributed by atoms with E-state index in [9.17, 15) is 14.0 Å². The Morgan fingerprint density at radius 2 is 1.67 bits per heavy atom. The predicted octanol–water partition coefficient (Wildman–Crippen LogP) is 3.94. The van der Waals surface area contributed by atoms with E-state index in [4.69, 9.17) is 0 Å². The Labute approximate surface area is 141 Å². The van der Waals surface area contributed by atoms with Gasteiger partial charge in [-0.05, 0) is 48.4 Å². The van der Waals surface area contributed by atoms with Gasteiger partial charge in [0.2, 0.25) is 11.8 Å². The zero-order chi connectivity index (χ0) is 17.3. The van der Waals surface area contributed by atoms with Gasteiger partial charge in [-0.25, -0.2) is 9.29 Å². The minimum absolute atomic E-state index is 0.124. The lowest BCUT2D eigenvalue weighted by atomic mass is 9.46. The molecule has 2 fully saturated rings. The lowest BCUT2D eigenvalue weighted by molar-refractivity contribution is -0.135. The standard InChI is InChI=1S/C20H22FNO2/c1-12(2)20-10-8-19(3,9-11-20)15-16(20)18(24)22(17(15)23)14-6-4-13(21)5-7-14/h4-8,10,12,15-16H,9,11H2,1-3H3/t15-,16-,19+,20+/m1/s1. The van der Waals surface area contributed by atoms with E-state index in [0.29, 0.717) is 5.69 Å². The molecular formula is C20H22FNO2. The first-order valence-electron chi connectivity index (χ1n) is 8.64. The number of benzene rings is 1. The van der Waals surface area contributed by atoms with Gasteiger partial charge in [-0.15, -0.1) is 0 Å². The zero-order valence-electron chi connectivity index (χ0n) is 14.3. The summed E-state index contributed by atoms with van der Waals surface area (Å²) in [4.78, 5) is 27.7. The second kappa shape index (κ2) is 4.78. The van der Waals surface area contributed by atoms with Gasteiger partial charge in [0.15, 0.2) is 0 Å². The normalized spacial score (nSPS) is 37.5. The third-order valence-electron chi connectivity index (χ3n) is 6.63. The van der Waals surface area contributed by atoms with E-state index >= 15 is 0 Å². The summed E-state index contributed by atoms with van der Waals surface area (Å²) in [6.07, 6.45) is 6.23. The van der Waals surface area contributed by atoms with Crippen molar-refractivity contribution in [1.82, 2.24) is 0 Å². The Morgan fingerprint density at radius 1 is 1.04 bits per heavy atom. The number of carbonyl (C=O) groups excluding carboxylic acids is 2. The van der Waals surface area contributed by atoms with Gasteiger partial charge in [0.25, 0.3) is 0 Å². The fourth-order valence-electron chi connectivity index (χ4n) is 5.08. The summed E-state index contributed by atoms with van der Waals surface area (Å²) in [6, 6.07) is 5.62. The quantitative estimate of drug-likeness (QED) is 0.609. The molecular weight excluding hydrogens is 305 g/mol. The van der Waals surface area contributed by atoms with E-state index in [1.165, 1.54) is 29.2 Å². The number of carbonyl (C=O) groups is 2. The van der Waals surface area contributed by atoms with E-state index in [2.05, 4.69) is 32.9 Å². The number of amides is 2. The molecule has 0 N–H and O–H groups in total. The molecule has 0 aromatic heterocycles. The van der Waals surface area contributed by atoms with Crippen LogP contribution in [0.2, 0.25) is 0 Å². The lowest BCUT2D eigenvalue weighted by Gasteiger charge is -2.55. The van der Waals surface area contributed by atoms with Crippen LogP contribution in [0.5, 0.6) is 0 Å². The molecule has 1 heterocycles. The van der Waals surface area contributed by atoms with Crippen molar-refractivity contribution in [3.05, 3.63) is 42.2 Å². The van der Waals surface area contributed by atoms with Gasteiger partial charge in [0, 0.05) is 5.41 Å². The van der Waals surface area contributed by atoms with Crippen LogP contribution < -0.4 is 4.90 Å². The highest BCUT2D eigenvalue weighted by Crippen LogP contribution is 2.64. The molecule has 1 aromatic carbocycles. The topological polar surface area (TPSA) is 37.4 Å². The Balaban J connectivity index is 1.84. The molecule has 1 aliphatic heterocycles. The molecule has 0 radical (unpaired) electrons. The predicted molar refractivity (Wildman–Crippen MR) is 89.6 cm³/mol. The molecule has 3 aliphatic carbocycles. The number of hydrogen-bond donors (Lipinski definition) is 0. The maximum Gasteiger partial charge on any atom is 0.238 e. The summed E-state index contributed by atoms with van der Waals surface area (Å²) in [5, 5.41) is 0. The van der Waals surface area contributed by atoms with Crippen LogP contribution in [-0.4, -0.2) is 11.8 Å². The average Bonchev–Trinajstić information content (AvgIpc) is 2.83. The highest BCUT2D eigenvalue weighted by atomic mass is 19.1. The van der Waals surface area contributed by atoms with Crippen LogP contribution in [0.3, 0.4) is 0 Å². The van der Waals surface area contributed by atoms with Crippen LogP contribution in [0.25, 0.3) is 0 Å². The highest BCUT2D eigenvalue weighted by Gasteiger charge is 2.67. The Hall–Kier alpha value is -1.97. The van der Waals surface area contributed by atoms with Gasteiger partial charge in [-0.3, -0.25) is 9.59 Å².